The van der Waals surface area contributed by atoms with E-state index < -0.39 is 9.84 Å². The molecule has 1 rings (SSSR count). The summed E-state index contributed by atoms with van der Waals surface area (Å²) in [6.07, 6.45) is 2.66. The Bertz CT molecular complexity index is 571. The van der Waals surface area contributed by atoms with E-state index in [4.69, 9.17) is 10.9 Å². The minimum atomic E-state index is -3.36. The molecule has 1 atom stereocenters. The van der Waals surface area contributed by atoms with Gasteiger partial charge in [-0.1, -0.05) is 12.1 Å². The number of sulfone groups is 1. The molecule has 106 valence electrons. The van der Waals surface area contributed by atoms with Gasteiger partial charge in [-0.25, -0.2) is 13.4 Å². The molecular weight excluding hydrogens is 268 g/mol. The van der Waals surface area contributed by atoms with Crippen molar-refractivity contribution in [1.29, 1.82) is 0 Å². The van der Waals surface area contributed by atoms with Crippen molar-refractivity contribution in [2.75, 3.05) is 24.7 Å². The third kappa shape index (κ3) is 3.82. The van der Waals surface area contributed by atoms with Crippen LogP contribution in [0.3, 0.4) is 0 Å². The molecular formula is C11H18N4O3S. The van der Waals surface area contributed by atoms with Gasteiger partial charge in [0.2, 0.25) is 0 Å². The molecule has 0 fully saturated rings. The van der Waals surface area contributed by atoms with Crippen LogP contribution in [0.2, 0.25) is 0 Å². The summed E-state index contributed by atoms with van der Waals surface area (Å²) < 4.78 is 23.4. The van der Waals surface area contributed by atoms with E-state index in [1.165, 1.54) is 12.3 Å². The smallest absolute Gasteiger partial charge is 0.179 e. The lowest BCUT2D eigenvalue weighted by molar-refractivity contribution is 0.314. The van der Waals surface area contributed by atoms with Gasteiger partial charge in [-0.2, -0.15) is 0 Å². The van der Waals surface area contributed by atoms with Crippen molar-refractivity contribution >= 4 is 21.5 Å². The molecule has 7 nitrogen and oxygen atoms in total. The number of anilines is 1. The number of amidine groups is 1. The summed E-state index contributed by atoms with van der Waals surface area (Å²) in [5, 5.41) is 11.5. The first-order valence-corrected chi connectivity index (χ1v) is 7.50. The van der Waals surface area contributed by atoms with E-state index in [0.29, 0.717) is 12.4 Å². The Labute approximate surface area is 112 Å². The molecule has 1 unspecified atom stereocenters. The second-order valence-corrected chi connectivity index (χ2v) is 6.39. The minimum Gasteiger partial charge on any atom is -0.409 e. The lowest BCUT2D eigenvalue weighted by atomic mass is 10.1. The molecule has 0 saturated carbocycles. The highest BCUT2D eigenvalue weighted by Crippen LogP contribution is 2.21. The molecule has 0 amide bonds. The molecule has 1 aromatic heterocycles. The molecule has 0 aliphatic heterocycles. The van der Waals surface area contributed by atoms with Crippen molar-refractivity contribution in [1.82, 2.24) is 4.98 Å². The zero-order valence-corrected chi connectivity index (χ0v) is 11.9. The average molecular weight is 286 g/mol. The van der Waals surface area contributed by atoms with Crippen LogP contribution in [0.25, 0.3) is 0 Å². The number of hydrogen-bond donors (Lipinski definition) is 2. The van der Waals surface area contributed by atoms with E-state index in [0.717, 1.165) is 6.26 Å². The van der Waals surface area contributed by atoms with Crippen molar-refractivity contribution < 1.29 is 13.6 Å². The largest absolute Gasteiger partial charge is 0.409 e. The summed E-state index contributed by atoms with van der Waals surface area (Å²) in [5.41, 5.74) is 5.50. The van der Waals surface area contributed by atoms with Crippen LogP contribution < -0.4 is 10.6 Å². The second-order valence-electron chi connectivity index (χ2n) is 4.40. The van der Waals surface area contributed by atoms with Gasteiger partial charge in [0.05, 0.1) is 0 Å². The third-order valence-corrected chi connectivity index (χ3v) is 3.80. The first kappa shape index (κ1) is 15.2. The fourth-order valence-electron chi connectivity index (χ4n) is 1.65. The number of aromatic nitrogens is 1. The van der Waals surface area contributed by atoms with E-state index in [2.05, 4.69) is 10.1 Å². The van der Waals surface area contributed by atoms with Crippen LogP contribution in [0.1, 0.15) is 6.92 Å². The van der Waals surface area contributed by atoms with Gasteiger partial charge >= 0.3 is 0 Å². The highest BCUT2D eigenvalue weighted by atomic mass is 32.2. The Kier molecular flexibility index (Phi) is 4.71. The topological polar surface area (TPSA) is 109 Å². The van der Waals surface area contributed by atoms with E-state index in [9.17, 15) is 8.42 Å². The summed E-state index contributed by atoms with van der Waals surface area (Å²) >= 11 is 0. The molecule has 0 aromatic carbocycles. The fourth-order valence-corrected chi connectivity index (χ4v) is 2.51. The zero-order chi connectivity index (χ0) is 14.6. The van der Waals surface area contributed by atoms with Crippen molar-refractivity contribution in [3.8, 4) is 0 Å². The lowest BCUT2D eigenvalue weighted by Crippen LogP contribution is -2.33. The average Bonchev–Trinajstić information content (AvgIpc) is 2.36. The number of oxime groups is 1. The summed E-state index contributed by atoms with van der Waals surface area (Å²) in [6.45, 7) is 2.16. The Hall–Kier alpha value is -1.83. The molecule has 8 heteroatoms. The van der Waals surface area contributed by atoms with Gasteiger partial charge in [0.15, 0.2) is 9.84 Å². The van der Waals surface area contributed by atoms with Crippen molar-refractivity contribution in [3.05, 3.63) is 18.3 Å². The van der Waals surface area contributed by atoms with Gasteiger partial charge in [0.1, 0.15) is 16.5 Å². The van der Waals surface area contributed by atoms with Crippen LogP contribution in [0.5, 0.6) is 0 Å². The maximum atomic E-state index is 11.7. The number of hydrogen-bond acceptors (Lipinski definition) is 6. The Morgan fingerprint density at radius 1 is 1.63 bits per heavy atom. The predicted octanol–water partition coefficient (Wildman–Crippen LogP) is 0.304. The van der Waals surface area contributed by atoms with Crippen LogP contribution in [0.4, 0.5) is 5.82 Å². The minimum absolute atomic E-state index is 0.0867. The molecule has 0 aliphatic rings. The van der Waals surface area contributed by atoms with E-state index in [1.807, 2.05) is 0 Å². The summed E-state index contributed by atoms with van der Waals surface area (Å²) in [7, 11) is -1.65. The van der Waals surface area contributed by atoms with Gasteiger partial charge in [0.25, 0.3) is 0 Å². The van der Waals surface area contributed by atoms with Crippen LogP contribution in [-0.4, -0.2) is 44.3 Å². The van der Waals surface area contributed by atoms with Crippen LogP contribution in [0.15, 0.2) is 28.4 Å². The number of rotatable bonds is 5. The Morgan fingerprint density at radius 3 is 2.79 bits per heavy atom. The maximum Gasteiger partial charge on any atom is 0.179 e. The van der Waals surface area contributed by atoms with Gasteiger partial charge in [-0.15, -0.1) is 0 Å². The van der Waals surface area contributed by atoms with Crippen molar-refractivity contribution in [2.24, 2.45) is 16.8 Å². The van der Waals surface area contributed by atoms with E-state index >= 15 is 0 Å². The monoisotopic (exact) mass is 286 g/mol. The van der Waals surface area contributed by atoms with Gasteiger partial charge < -0.3 is 15.8 Å². The molecule has 0 saturated heterocycles. The van der Waals surface area contributed by atoms with Crippen LogP contribution in [0, 0.1) is 5.92 Å². The molecule has 0 bridgehead atoms. The number of nitrogens with two attached hydrogens (primary N) is 1. The fraction of sp³-hybridized carbons (Fsp3) is 0.455. The molecule has 0 spiro atoms. The first-order valence-electron chi connectivity index (χ1n) is 5.61. The normalized spacial score (nSPS) is 14.2. The molecule has 1 heterocycles. The molecule has 1 aromatic rings. The molecule has 0 radical (unpaired) electrons. The SMILES string of the molecule is CC(CN(C)c1ncccc1S(C)(=O)=O)/C(N)=N/O. The number of pyridine rings is 1. The van der Waals surface area contributed by atoms with Gasteiger partial charge in [-0.3, -0.25) is 0 Å². The second kappa shape index (κ2) is 5.87. The van der Waals surface area contributed by atoms with Crippen LogP contribution >= 0.6 is 0 Å². The van der Waals surface area contributed by atoms with Crippen LogP contribution in [-0.2, 0) is 9.84 Å². The maximum absolute atomic E-state index is 11.7. The van der Waals surface area contributed by atoms with E-state index in [1.54, 1.807) is 24.9 Å². The van der Waals surface area contributed by atoms with E-state index in [-0.39, 0.29) is 16.6 Å². The quantitative estimate of drug-likeness (QED) is 0.349. The zero-order valence-electron chi connectivity index (χ0n) is 11.1. The lowest BCUT2D eigenvalue weighted by Gasteiger charge is -2.23. The van der Waals surface area contributed by atoms with Gasteiger partial charge in [-0.05, 0) is 12.1 Å². The highest BCUT2D eigenvalue weighted by Gasteiger charge is 2.19. The molecule has 19 heavy (non-hydrogen) atoms. The van der Waals surface area contributed by atoms with Crippen molar-refractivity contribution in [3.63, 3.8) is 0 Å². The summed E-state index contributed by atoms with van der Waals surface area (Å²) in [5.74, 6) is 0.204. The van der Waals surface area contributed by atoms with Crippen molar-refractivity contribution in [2.45, 2.75) is 11.8 Å². The number of nitrogens with zero attached hydrogens (tertiary/aromatic N) is 3. The standard InChI is InChI=1S/C11H18N4O3S/c1-8(10(12)14-16)7-15(2)11-9(19(3,17)18)5-4-6-13-11/h4-6,8,16H,7H2,1-3H3,(H2,12,14). The Morgan fingerprint density at radius 2 is 2.26 bits per heavy atom. The molecule has 3 N–H and O–H groups in total. The summed E-state index contributed by atoms with van der Waals surface area (Å²) in [4.78, 5) is 5.91. The summed E-state index contributed by atoms with van der Waals surface area (Å²) in [6, 6.07) is 3.07. The first-order chi connectivity index (χ1) is 8.77. The third-order valence-electron chi connectivity index (χ3n) is 2.68. The highest BCUT2D eigenvalue weighted by molar-refractivity contribution is 7.90. The predicted molar refractivity (Wildman–Crippen MR) is 73.2 cm³/mol. The Balaban J connectivity index is 3.05. The molecule has 0 aliphatic carbocycles. The van der Waals surface area contributed by atoms with Gasteiger partial charge in [0, 0.05) is 32.0 Å².